The number of rotatable bonds is 2. The topological polar surface area (TPSA) is 17.1 Å². The minimum Gasteiger partial charge on any atom is -0.318 e. The maximum atomic E-state index is 13.1. The Balaban J connectivity index is 2.42. The third-order valence-electron chi connectivity index (χ3n) is 3.46. The van der Waals surface area contributed by atoms with Gasteiger partial charge in [-0.2, -0.15) is 0 Å². The highest BCUT2D eigenvalue weighted by molar-refractivity contribution is 7.72. The summed E-state index contributed by atoms with van der Waals surface area (Å²) in [4.78, 5) is -0.373. The lowest BCUT2D eigenvalue weighted by Crippen LogP contribution is -2.30. The van der Waals surface area contributed by atoms with E-state index in [4.69, 9.17) is 11.6 Å². The van der Waals surface area contributed by atoms with Gasteiger partial charge in [-0.3, -0.25) is 0 Å². The van der Waals surface area contributed by atoms with Gasteiger partial charge in [0.25, 0.3) is 0 Å². The first kappa shape index (κ1) is 12.2. The molecule has 88 valence electrons. The highest BCUT2D eigenvalue weighted by atomic mass is 35.5. The van der Waals surface area contributed by atoms with Crippen LogP contribution in [0.25, 0.3) is 0 Å². The molecule has 2 unspecified atom stereocenters. The molecule has 3 heteroatoms. The van der Waals surface area contributed by atoms with E-state index in [1.165, 1.54) is 0 Å². The van der Waals surface area contributed by atoms with Crippen LogP contribution in [0.5, 0.6) is 0 Å². The lowest BCUT2D eigenvalue weighted by molar-refractivity contribution is 0.554. The van der Waals surface area contributed by atoms with Crippen molar-refractivity contribution in [3.63, 3.8) is 0 Å². The number of halogens is 1. The van der Waals surface area contributed by atoms with Crippen LogP contribution in [0.1, 0.15) is 26.7 Å². The standard InChI is InChI=1S/C13H18ClOP/c1-13(2,14)12-9-6-10-16(12,15)11-7-4-3-5-8-11/h3-5,7-8,12H,6,9-10H2,1-2H3. The van der Waals surface area contributed by atoms with Crippen LogP contribution < -0.4 is 5.30 Å². The zero-order valence-electron chi connectivity index (χ0n) is 9.82. The van der Waals surface area contributed by atoms with Crippen molar-refractivity contribution in [3.8, 4) is 0 Å². The van der Waals surface area contributed by atoms with E-state index < -0.39 is 7.14 Å². The summed E-state index contributed by atoms with van der Waals surface area (Å²) in [7, 11) is -2.29. The Kier molecular flexibility index (Phi) is 3.20. The summed E-state index contributed by atoms with van der Waals surface area (Å²) in [5, 5.41) is 1.01. The van der Waals surface area contributed by atoms with Gasteiger partial charge in [0.1, 0.15) is 7.14 Å². The van der Waals surface area contributed by atoms with E-state index in [9.17, 15) is 4.57 Å². The van der Waals surface area contributed by atoms with Crippen LogP contribution in [-0.2, 0) is 4.57 Å². The molecule has 0 amide bonds. The smallest absolute Gasteiger partial charge is 0.120 e. The Hall–Kier alpha value is -0.260. The number of alkyl halides is 1. The third kappa shape index (κ3) is 2.08. The predicted octanol–water partition coefficient (Wildman–Crippen LogP) is 3.85. The fourth-order valence-corrected chi connectivity index (χ4v) is 7.14. The lowest BCUT2D eigenvalue weighted by atomic mass is 10.1. The summed E-state index contributed by atoms with van der Waals surface area (Å²) < 4.78 is 13.1. The molecular formula is C13H18ClOP. The summed E-state index contributed by atoms with van der Waals surface area (Å²) in [5.41, 5.74) is 0.129. The summed E-state index contributed by atoms with van der Waals surface area (Å²) >= 11 is 6.40. The zero-order chi connectivity index (χ0) is 11.8. The maximum absolute atomic E-state index is 13.1. The van der Waals surface area contributed by atoms with Gasteiger partial charge in [0.15, 0.2) is 0 Å². The Morgan fingerprint density at radius 2 is 1.94 bits per heavy atom. The quantitative estimate of drug-likeness (QED) is 0.580. The second-order valence-electron chi connectivity index (χ2n) is 5.08. The van der Waals surface area contributed by atoms with E-state index in [0.29, 0.717) is 0 Å². The van der Waals surface area contributed by atoms with Gasteiger partial charge in [-0.05, 0) is 26.7 Å². The molecule has 1 aliphatic rings. The van der Waals surface area contributed by atoms with Gasteiger partial charge in [0.2, 0.25) is 0 Å². The molecule has 2 atom stereocenters. The summed E-state index contributed by atoms with van der Waals surface area (Å²) in [5.74, 6) is 0. The largest absolute Gasteiger partial charge is 0.318 e. The average molecular weight is 257 g/mol. The van der Waals surface area contributed by atoms with Crippen molar-refractivity contribution in [1.82, 2.24) is 0 Å². The molecule has 16 heavy (non-hydrogen) atoms. The third-order valence-corrected chi connectivity index (χ3v) is 7.94. The van der Waals surface area contributed by atoms with Gasteiger partial charge < -0.3 is 4.57 Å². The number of hydrogen-bond donors (Lipinski definition) is 0. The van der Waals surface area contributed by atoms with Crippen molar-refractivity contribution in [2.45, 2.75) is 37.2 Å². The van der Waals surface area contributed by atoms with E-state index in [1.54, 1.807) is 0 Å². The Bertz CT molecular complexity index is 408. The highest BCUT2D eigenvalue weighted by Gasteiger charge is 2.46. The fourth-order valence-electron chi connectivity index (χ4n) is 2.71. The van der Waals surface area contributed by atoms with Gasteiger partial charge >= 0.3 is 0 Å². The molecule has 2 rings (SSSR count). The Labute approximate surface area is 103 Å². The van der Waals surface area contributed by atoms with Crippen LogP contribution in [0.2, 0.25) is 0 Å². The summed E-state index contributed by atoms with van der Waals surface area (Å²) in [6, 6.07) is 9.87. The highest BCUT2D eigenvalue weighted by Crippen LogP contribution is 2.61. The van der Waals surface area contributed by atoms with Crippen molar-refractivity contribution in [1.29, 1.82) is 0 Å². The minimum atomic E-state index is -2.29. The van der Waals surface area contributed by atoms with Crippen LogP contribution in [-0.4, -0.2) is 16.7 Å². The van der Waals surface area contributed by atoms with E-state index >= 15 is 0 Å². The van der Waals surface area contributed by atoms with Crippen LogP contribution in [0.15, 0.2) is 30.3 Å². The average Bonchev–Trinajstić information content (AvgIpc) is 2.63. The number of benzene rings is 1. The molecule has 0 saturated carbocycles. The van der Waals surface area contributed by atoms with Gasteiger partial charge in [0.05, 0.1) is 0 Å². The molecule has 0 aliphatic carbocycles. The zero-order valence-corrected chi connectivity index (χ0v) is 11.5. The Morgan fingerprint density at radius 1 is 1.31 bits per heavy atom. The van der Waals surface area contributed by atoms with E-state index in [-0.39, 0.29) is 10.5 Å². The van der Waals surface area contributed by atoms with Gasteiger partial charge in [-0.25, -0.2) is 0 Å². The monoisotopic (exact) mass is 256 g/mol. The number of hydrogen-bond acceptors (Lipinski definition) is 1. The summed E-state index contributed by atoms with van der Waals surface area (Å²) in [6.45, 7) is 3.97. The lowest BCUT2D eigenvalue weighted by Gasteiger charge is -2.30. The molecule has 1 aromatic rings. The molecule has 1 aliphatic heterocycles. The first-order valence-corrected chi connectivity index (χ1v) is 8.12. The fraction of sp³-hybridized carbons (Fsp3) is 0.538. The maximum Gasteiger partial charge on any atom is 0.120 e. The van der Waals surface area contributed by atoms with E-state index in [1.807, 2.05) is 44.2 Å². The van der Waals surface area contributed by atoms with Crippen molar-refractivity contribution in [2.24, 2.45) is 0 Å². The molecule has 0 N–H and O–H groups in total. The predicted molar refractivity (Wildman–Crippen MR) is 71.5 cm³/mol. The van der Waals surface area contributed by atoms with Crippen LogP contribution >= 0.6 is 18.7 Å². The molecule has 0 radical (unpaired) electrons. The van der Waals surface area contributed by atoms with Gasteiger partial charge in [-0.1, -0.05) is 30.3 Å². The van der Waals surface area contributed by atoms with Crippen LogP contribution in [0, 0.1) is 0 Å². The first-order chi connectivity index (χ1) is 7.44. The van der Waals surface area contributed by atoms with E-state index in [2.05, 4.69) is 0 Å². The molecule has 1 heterocycles. The van der Waals surface area contributed by atoms with Crippen molar-refractivity contribution in [2.75, 3.05) is 6.16 Å². The van der Waals surface area contributed by atoms with Gasteiger partial charge in [0, 0.05) is 22.0 Å². The molecule has 1 fully saturated rings. The van der Waals surface area contributed by atoms with E-state index in [0.717, 1.165) is 24.3 Å². The molecule has 0 spiro atoms. The minimum absolute atomic E-state index is 0.129. The molecule has 0 aromatic heterocycles. The molecule has 1 aromatic carbocycles. The van der Waals surface area contributed by atoms with Crippen LogP contribution in [0.4, 0.5) is 0 Å². The van der Waals surface area contributed by atoms with Crippen molar-refractivity contribution < 1.29 is 4.57 Å². The molecule has 1 nitrogen and oxygen atoms in total. The SMILES string of the molecule is CC(C)(Cl)C1CCCP1(=O)c1ccccc1. The first-order valence-electron chi connectivity index (χ1n) is 5.78. The van der Waals surface area contributed by atoms with Gasteiger partial charge in [-0.15, -0.1) is 11.6 Å². The molecular weight excluding hydrogens is 239 g/mol. The van der Waals surface area contributed by atoms with Crippen LogP contribution in [0.3, 0.4) is 0 Å². The Morgan fingerprint density at radius 3 is 2.50 bits per heavy atom. The second-order valence-corrected chi connectivity index (χ2v) is 9.23. The van der Waals surface area contributed by atoms with Crippen molar-refractivity contribution in [3.05, 3.63) is 30.3 Å². The second kappa shape index (κ2) is 4.20. The van der Waals surface area contributed by atoms with Crippen molar-refractivity contribution >= 4 is 24.0 Å². The molecule has 1 saturated heterocycles. The molecule has 0 bridgehead atoms. The normalized spacial score (nSPS) is 30.6. The summed E-state index contributed by atoms with van der Waals surface area (Å²) in [6.07, 6.45) is 2.84.